The molecule has 0 saturated heterocycles. The van der Waals surface area contributed by atoms with Crippen LogP contribution in [0.5, 0.6) is 0 Å². The van der Waals surface area contributed by atoms with Gasteiger partial charge in [-0.15, -0.1) is 0 Å². The highest BCUT2D eigenvalue weighted by atomic mass is 16.6. The molecule has 0 radical (unpaired) electrons. The van der Waals surface area contributed by atoms with Gasteiger partial charge in [0.05, 0.1) is 4.92 Å². The minimum absolute atomic E-state index is 0.0606. The first-order valence-electron chi connectivity index (χ1n) is 7.06. The molecular weight excluding hydrogens is 280 g/mol. The lowest BCUT2D eigenvalue weighted by Crippen LogP contribution is -2.16. The van der Waals surface area contributed by atoms with E-state index in [-0.39, 0.29) is 17.2 Å². The highest BCUT2D eigenvalue weighted by Gasteiger charge is 2.21. The van der Waals surface area contributed by atoms with E-state index in [0.717, 1.165) is 16.8 Å². The molecular formula is C17H18N2O3. The van der Waals surface area contributed by atoms with Crippen molar-refractivity contribution in [2.45, 2.75) is 26.7 Å². The summed E-state index contributed by atoms with van der Waals surface area (Å²) >= 11 is 0. The zero-order valence-corrected chi connectivity index (χ0v) is 12.8. The van der Waals surface area contributed by atoms with Crippen LogP contribution < -0.4 is 5.32 Å². The smallest absolute Gasteiger partial charge is 0.282 e. The van der Waals surface area contributed by atoms with Crippen molar-refractivity contribution in [3.05, 3.63) is 69.3 Å². The molecule has 1 N–H and O–H groups in total. The summed E-state index contributed by atoms with van der Waals surface area (Å²) in [4.78, 5) is 23.0. The molecule has 0 atom stereocenters. The fourth-order valence-electron chi connectivity index (χ4n) is 2.35. The predicted octanol–water partition coefficient (Wildman–Crippen LogP) is 4.28. The van der Waals surface area contributed by atoms with Crippen LogP contribution >= 0.6 is 0 Å². The van der Waals surface area contributed by atoms with Crippen molar-refractivity contribution in [1.82, 2.24) is 0 Å². The number of anilines is 1. The van der Waals surface area contributed by atoms with Crippen LogP contribution in [0, 0.1) is 17.0 Å². The molecule has 2 aromatic rings. The first-order valence-corrected chi connectivity index (χ1v) is 7.06. The third-order valence-corrected chi connectivity index (χ3v) is 3.51. The quantitative estimate of drug-likeness (QED) is 0.676. The number of carbonyl (C=O) groups is 1. The van der Waals surface area contributed by atoms with Crippen LogP contribution in [-0.4, -0.2) is 10.8 Å². The molecule has 2 aromatic carbocycles. The van der Waals surface area contributed by atoms with E-state index < -0.39 is 10.8 Å². The van der Waals surface area contributed by atoms with Crippen LogP contribution in [-0.2, 0) is 0 Å². The maximum Gasteiger partial charge on any atom is 0.282 e. The van der Waals surface area contributed by atoms with Crippen LogP contribution in [0.25, 0.3) is 0 Å². The van der Waals surface area contributed by atoms with Crippen LogP contribution in [0.15, 0.2) is 42.5 Å². The lowest BCUT2D eigenvalue weighted by Gasteiger charge is -2.16. The zero-order chi connectivity index (χ0) is 16.3. The summed E-state index contributed by atoms with van der Waals surface area (Å²) in [7, 11) is 0. The molecule has 0 aromatic heterocycles. The lowest BCUT2D eigenvalue weighted by molar-refractivity contribution is -0.385. The molecule has 114 valence electrons. The van der Waals surface area contributed by atoms with Gasteiger partial charge in [-0.2, -0.15) is 0 Å². The molecule has 0 heterocycles. The summed E-state index contributed by atoms with van der Waals surface area (Å²) in [5.41, 5.74) is 2.52. The number of carbonyl (C=O) groups excluding carboxylic acids is 1. The van der Waals surface area contributed by atoms with Crippen molar-refractivity contribution in [3.8, 4) is 0 Å². The Morgan fingerprint density at radius 3 is 2.45 bits per heavy atom. The van der Waals surface area contributed by atoms with Gasteiger partial charge in [0.1, 0.15) is 5.56 Å². The summed E-state index contributed by atoms with van der Waals surface area (Å²) in [6.45, 7) is 5.98. The number of nitrogens with zero attached hydrogens (tertiary/aromatic N) is 1. The van der Waals surface area contributed by atoms with Crippen LogP contribution in [0.1, 0.15) is 41.3 Å². The Morgan fingerprint density at radius 1 is 1.14 bits per heavy atom. The van der Waals surface area contributed by atoms with E-state index in [1.54, 1.807) is 12.1 Å². The van der Waals surface area contributed by atoms with Gasteiger partial charge in [-0.1, -0.05) is 44.2 Å². The normalized spacial score (nSPS) is 10.5. The Kier molecular flexibility index (Phi) is 4.56. The van der Waals surface area contributed by atoms with E-state index in [1.807, 2.05) is 39.0 Å². The molecule has 0 unspecified atom stereocenters. The summed E-state index contributed by atoms with van der Waals surface area (Å²) in [5, 5.41) is 13.9. The van der Waals surface area contributed by atoms with E-state index in [0.29, 0.717) is 0 Å². The number of amides is 1. The molecule has 0 bridgehead atoms. The summed E-state index contributed by atoms with van der Waals surface area (Å²) in [6, 6.07) is 11.7. The second-order valence-corrected chi connectivity index (χ2v) is 5.42. The molecule has 0 aliphatic rings. The molecule has 1 amide bonds. The van der Waals surface area contributed by atoms with Crippen molar-refractivity contribution < 1.29 is 9.72 Å². The van der Waals surface area contributed by atoms with Crippen LogP contribution in [0.4, 0.5) is 11.4 Å². The van der Waals surface area contributed by atoms with Gasteiger partial charge in [-0.05, 0) is 30.0 Å². The van der Waals surface area contributed by atoms with Crippen molar-refractivity contribution >= 4 is 17.3 Å². The molecule has 22 heavy (non-hydrogen) atoms. The Balaban J connectivity index is 2.41. The van der Waals surface area contributed by atoms with Gasteiger partial charge in [-0.25, -0.2) is 0 Å². The lowest BCUT2D eigenvalue weighted by atomic mass is 9.98. The molecule has 2 rings (SSSR count). The predicted molar refractivity (Wildman–Crippen MR) is 86.3 cm³/mol. The highest BCUT2D eigenvalue weighted by Crippen LogP contribution is 2.28. The van der Waals surface area contributed by atoms with Crippen molar-refractivity contribution in [2.75, 3.05) is 5.32 Å². The third kappa shape index (κ3) is 3.14. The minimum atomic E-state index is -0.546. The average molecular weight is 298 g/mol. The maximum absolute atomic E-state index is 12.5. The number of hydrogen-bond donors (Lipinski definition) is 1. The summed E-state index contributed by atoms with van der Waals surface area (Å²) in [6.07, 6.45) is 0. The Hall–Kier alpha value is -2.69. The topological polar surface area (TPSA) is 72.2 Å². The number of rotatable bonds is 4. The van der Waals surface area contributed by atoms with E-state index in [1.165, 1.54) is 12.1 Å². The molecule has 5 heteroatoms. The number of benzene rings is 2. The zero-order valence-electron chi connectivity index (χ0n) is 12.8. The summed E-state index contributed by atoms with van der Waals surface area (Å²) in [5.74, 6) is -0.232. The van der Waals surface area contributed by atoms with E-state index in [4.69, 9.17) is 0 Å². The standard InChI is InChI=1S/C17H18N2O3/c1-11(2)13-9-6-7-12(3)16(13)18-17(20)14-8-4-5-10-15(14)19(21)22/h4-11H,1-3H3,(H,18,20). The van der Waals surface area contributed by atoms with Gasteiger partial charge < -0.3 is 5.32 Å². The van der Waals surface area contributed by atoms with Gasteiger partial charge >= 0.3 is 0 Å². The van der Waals surface area contributed by atoms with E-state index in [2.05, 4.69) is 5.32 Å². The fourth-order valence-corrected chi connectivity index (χ4v) is 2.35. The largest absolute Gasteiger partial charge is 0.321 e. The number of para-hydroxylation sites is 2. The Morgan fingerprint density at radius 2 is 1.82 bits per heavy atom. The van der Waals surface area contributed by atoms with Gasteiger partial charge in [-0.3, -0.25) is 14.9 Å². The summed E-state index contributed by atoms with van der Waals surface area (Å²) < 4.78 is 0. The number of nitrogens with one attached hydrogen (secondary N) is 1. The maximum atomic E-state index is 12.5. The van der Waals surface area contributed by atoms with Gasteiger partial charge in [0.15, 0.2) is 0 Å². The Labute approximate surface area is 129 Å². The first-order chi connectivity index (χ1) is 10.4. The molecule has 5 nitrogen and oxygen atoms in total. The minimum Gasteiger partial charge on any atom is -0.321 e. The average Bonchev–Trinajstić information content (AvgIpc) is 2.48. The van der Waals surface area contributed by atoms with Crippen molar-refractivity contribution in [2.24, 2.45) is 0 Å². The second kappa shape index (κ2) is 6.39. The molecule has 0 aliphatic heterocycles. The van der Waals surface area contributed by atoms with Crippen molar-refractivity contribution in [3.63, 3.8) is 0 Å². The van der Waals surface area contributed by atoms with Gasteiger partial charge in [0.25, 0.3) is 11.6 Å². The molecule has 0 fully saturated rings. The third-order valence-electron chi connectivity index (χ3n) is 3.51. The SMILES string of the molecule is Cc1cccc(C(C)C)c1NC(=O)c1ccccc1[N+](=O)[O-]. The fraction of sp³-hybridized carbons (Fsp3) is 0.235. The van der Waals surface area contributed by atoms with Crippen LogP contribution in [0.3, 0.4) is 0 Å². The molecule has 0 saturated carbocycles. The van der Waals surface area contributed by atoms with Crippen LogP contribution in [0.2, 0.25) is 0 Å². The number of hydrogen-bond acceptors (Lipinski definition) is 3. The van der Waals surface area contributed by atoms with Crippen molar-refractivity contribution in [1.29, 1.82) is 0 Å². The highest BCUT2D eigenvalue weighted by molar-refractivity contribution is 6.07. The molecule has 0 spiro atoms. The van der Waals surface area contributed by atoms with E-state index >= 15 is 0 Å². The number of nitro benzene ring substituents is 1. The first kappa shape index (κ1) is 15.7. The van der Waals surface area contributed by atoms with Gasteiger partial charge in [0.2, 0.25) is 0 Å². The number of nitro groups is 1. The Bertz CT molecular complexity index is 724. The second-order valence-electron chi connectivity index (χ2n) is 5.42. The van der Waals surface area contributed by atoms with Gasteiger partial charge in [0, 0.05) is 11.8 Å². The number of aryl methyl sites for hydroxylation is 1. The monoisotopic (exact) mass is 298 g/mol. The van der Waals surface area contributed by atoms with E-state index in [9.17, 15) is 14.9 Å². The molecule has 0 aliphatic carbocycles.